The number of quaternary nitrogens is 1. The topological polar surface area (TPSA) is 42.9 Å². The van der Waals surface area contributed by atoms with Crippen molar-refractivity contribution in [2.24, 2.45) is 0 Å². The molecule has 1 aliphatic heterocycles. The van der Waals surface area contributed by atoms with E-state index in [4.69, 9.17) is 4.74 Å². The molecule has 1 aromatic carbocycles. The number of hydrogen-bond donors (Lipinski definition) is 2. The highest BCUT2D eigenvalue weighted by Gasteiger charge is 2.40. The molecular formula is C13H18NO2S+. The minimum Gasteiger partial charge on any atom is -0.447 e. The Morgan fingerprint density at radius 2 is 2.18 bits per heavy atom. The number of rotatable bonds is 3. The van der Waals surface area contributed by atoms with Crippen LogP contribution < -0.4 is 5.32 Å². The Hall–Kier alpha value is -1.00. The third-order valence-corrected chi connectivity index (χ3v) is 3.46. The highest BCUT2D eigenvalue weighted by Crippen LogP contribution is 2.31. The van der Waals surface area contributed by atoms with E-state index in [1.54, 1.807) is 0 Å². The zero-order valence-corrected chi connectivity index (χ0v) is 10.7. The van der Waals surface area contributed by atoms with Crippen LogP contribution in [0.1, 0.15) is 18.4 Å². The molecule has 0 spiro atoms. The van der Waals surface area contributed by atoms with Crippen LogP contribution in [0.3, 0.4) is 0 Å². The van der Waals surface area contributed by atoms with Gasteiger partial charge in [-0.1, -0.05) is 30.3 Å². The molecule has 0 saturated carbocycles. The molecule has 4 heteroatoms. The van der Waals surface area contributed by atoms with Gasteiger partial charge in [-0.05, 0) is 0 Å². The minimum atomic E-state index is -0.459. The predicted molar refractivity (Wildman–Crippen MR) is 69.0 cm³/mol. The fourth-order valence-corrected chi connectivity index (χ4v) is 2.44. The van der Waals surface area contributed by atoms with E-state index in [0.29, 0.717) is 0 Å². The Morgan fingerprint density at radius 3 is 2.76 bits per heavy atom. The number of esters is 1. The highest BCUT2D eigenvalue weighted by atomic mass is 32.1. The van der Waals surface area contributed by atoms with Gasteiger partial charge in [0.2, 0.25) is 0 Å². The average Bonchev–Trinajstić information content (AvgIpc) is 2.40. The largest absolute Gasteiger partial charge is 0.447 e. The molecule has 2 N–H and O–H groups in total. The van der Waals surface area contributed by atoms with Crippen LogP contribution in [0.2, 0.25) is 0 Å². The first-order valence-electron chi connectivity index (χ1n) is 5.97. The first-order chi connectivity index (χ1) is 8.27. The molecule has 17 heavy (non-hydrogen) atoms. The van der Waals surface area contributed by atoms with E-state index in [-0.39, 0.29) is 11.7 Å². The zero-order valence-electron chi connectivity index (χ0n) is 9.76. The molecular weight excluding hydrogens is 234 g/mol. The van der Waals surface area contributed by atoms with Gasteiger partial charge in [0, 0.05) is 18.4 Å². The zero-order chi connectivity index (χ0) is 12.1. The Morgan fingerprint density at radius 1 is 1.41 bits per heavy atom. The number of hydrogen-bond acceptors (Lipinski definition) is 3. The van der Waals surface area contributed by atoms with Crippen LogP contribution in [0.25, 0.3) is 0 Å². The van der Waals surface area contributed by atoms with Crippen molar-refractivity contribution in [1.82, 2.24) is 0 Å². The van der Waals surface area contributed by atoms with Crippen molar-refractivity contribution in [2.45, 2.75) is 18.4 Å². The lowest BCUT2D eigenvalue weighted by atomic mass is 9.86. The summed E-state index contributed by atoms with van der Waals surface area (Å²) in [5.41, 5.74) is 0.630. The van der Waals surface area contributed by atoms with E-state index in [2.05, 4.69) is 17.9 Å². The maximum absolute atomic E-state index is 11.5. The summed E-state index contributed by atoms with van der Waals surface area (Å²) < 4.78 is 5.67. The van der Waals surface area contributed by atoms with Crippen molar-refractivity contribution in [1.29, 1.82) is 0 Å². The van der Waals surface area contributed by atoms with E-state index in [0.717, 1.165) is 31.5 Å². The van der Waals surface area contributed by atoms with Crippen LogP contribution in [-0.2, 0) is 15.1 Å². The lowest BCUT2D eigenvalue weighted by molar-refractivity contribution is -0.678. The highest BCUT2D eigenvalue weighted by molar-refractivity contribution is 7.81. The van der Waals surface area contributed by atoms with Crippen LogP contribution in [0.4, 0.5) is 0 Å². The molecule has 1 atom stereocenters. The van der Waals surface area contributed by atoms with Crippen LogP contribution >= 0.6 is 12.6 Å². The summed E-state index contributed by atoms with van der Waals surface area (Å²) in [6, 6.07) is 10.0. The summed E-state index contributed by atoms with van der Waals surface area (Å²) in [7, 11) is 0. The maximum atomic E-state index is 11.5. The second kappa shape index (κ2) is 5.56. The SMILES string of the molecule is O=C(CS)OC1(c2ccccc2)CCC[NH2+]C1. The maximum Gasteiger partial charge on any atom is 0.316 e. The predicted octanol–water partition coefficient (Wildman–Crippen LogP) is 0.712. The molecule has 1 fully saturated rings. The van der Waals surface area contributed by atoms with Gasteiger partial charge in [0.05, 0.1) is 12.3 Å². The molecule has 92 valence electrons. The standard InChI is InChI=1S/C13H17NO2S/c15-12(9-17)16-13(7-4-8-14-10-13)11-5-2-1-3-6-11/h1-3,5-6,14,17H,4,7-10H2/p+1. The molecule has 0 aliphatic carbocycles. The summed E-state index contributed by atoms with van der Waals surface area (Å²) in [6.45, 7) is 1.91. The second-order valence-electron chi connectivity index (χ2n) is 4.38. The molecule has 1 heterocycles. The van der Waals surface area contributed by atoms with E-state index in [1.165, 1.54) is 0 Å². The van der Waals surface area contributed by atoms with Gasteiger partial charge in [-0.25, -0.2) is 0 Å². The van der Waals surface area contributed by atoms with Gasteiger partial charge in [-0.15, -0.1) is 0 Å². The number of piperidine rings is 1. The molecule has 0 bridgehead atoms. The number of carbonyl (C=O) groups is 1. The minimum absolute atomic E-state index is 0.134. The molecule has 0 radical (unpaired) electrons. The number of benzene rings is 1. The molecule has 1 aromatic rings. The van der Waals surface area contributed by atoms with E-state index in [1.807, 2.05) is 30.3 Å². The van der Waals surface area contributed by atoms with Crippen LogP contribution in [0, 0.1) is 0 Å². The van der Waals surface area contributed by atoms with E-state index >= 15 is 0 Å². The number of thiol groups is 1. The summed E-state index contributed by atoms with van der Waals surface area (Å²) in [5, 5.41) is 2.21. The van der Waals surface area contributed by atoms with Gasteiger partial charge >= 0.3 is 5.97 Å². The molecule has 1 unspecified atom stereocenters. The molecule has 3 nitrogen and oxygen atoms in total. The third-order valence-electron chi connectivity index (χ3n) is 3.20. The number of ether oxygens (including phenoxy) is 1. The Labute approximate surface area is 107 Å². The van der Waals surface area contributed by atoms with E-state index < -0.39 is 5.60 Å². The average molecular weight is 252 g/mol. The quantitative estimate of drug-likeness (QED) is 0.615. The first-order valence-corrected chi connectivity index (χ1v) is 6.60. The van der Waals surface area contributed by atoms with Gasteiger partial charge in [0.25, 0.3) is 0 Å². The van der Waals surface area contributed by atoms with Gasteiger partial charge in [0.15, 0.2) is 5.60 Å². The molecule has 0 amide bonds. The van der Waals surface area contributed by atoms with Crippen molar-refractivity contribution in [3.8, 4) is 0 Å². The Balaban J connectivity index is 2.26. The normalized spacial score (nSPS) is 24.3. The van der Waals surface area contributed by atoms with Crippen molar-refractivity contribution in [3.63, 3.8) is 0 Å². The van der Waals surface area contributed by atoms with Crippen molar-refractivity contribution in [3.05, 3.63) is 35.9 Å². The molecule has 1 saturated heterocycles. The van der Waals surface area contributed by atoms with Gasteiger partial charge in [-0.3, -0.25) is 4.79 Å². The third kappa shape index (κ3) is 2.82. The van der Waals surface area contributed by atoms with Crippen LogP contribution in [0.15, 0.2) is 30.3 Å². The summed E-state index contributed by atoms with van der Waals surface area (Å²) >= 11 is 3.98. The lowest BCUT2D eigenvalue weighted by Crippen LogP contribution is -2.90. The van der Waals surface area contributed by atoms with Gasteiger partial charge in [-0.2, -0.15) is 12.6 Å². The first kappa shape index (κ1) is 12.5. The summed E-state index contributed by atoms with van der Waals surface area (Å²) in [4.78, 5) is 11.5. The van der Waals surface area contributed by atoms with Crippen molar-refractivity contribution in [2.75, 3.05) is 18.8 Å². The Bertz CT molecular complexity index is 374. The van der Waals surface area contributed by atoms with Crippen LogP contribution in [0.5, 0.6) is 0 Å². The molecule has 1 aliphatic rings. The fraction of sp³-hybridized carbons (Fsp3) is 0.462. The fourth-order valence-electron chi connectivity index (χ4n) is 2.38. The molecule has 0 aromatic heterocycles. The Kier molecular flexibility index (Phi) is 4.07. The summed E-state index contributed by atoms with van der Waals surface area (Å²) in [5.74, 6) is -0.110. The van der Waals surface area contributed by atoms with Crippen molar-refractivity contribution < 1.29 is 14.8 Å². The van der Waals surface area contributed by atoms with Gasteiger partial charge < -0.3 is 10.1 Å². The van der Waals surface area contributed by atoms with Crippen LogP contribution in [-0.4, -0.2) is 24.8 Å². The van der Waals surface area contributed by atoms with Gasteiger partial charge in [0.1, 0.15) is 6.54 Å². The lowest BCUT2D eigenvalue weighted by Gasteiger charge is -2.35. The smallest absolute Gasteiger partial charge is 0.316 e. The summed E-state index contributed by atoms with van der Waals surface area (Å²) in [6.07, 6.45) is 1.96. The molecule has 2 rings (SSSR count). The monoisotopic (exact) mass is 252 g/mol. The van der Waals surface area contributed by atoms with E-state index in [9.17, 15) is 4.79 Å². The second-order valence-corrected chi connectivity index (χ2v) is 4.69. The van der Waals surface area contributed by atoms with Crippen molar-refractivity contribution >= 4 is 18.6 Å². The number of carbonyl (C=O) groups excluding carboxylic acids is 1. The number of nitrogens with two attached hydrogens (primary N) is 1.